The summed E-state index contributed by atoms with van der Waals surface area (Å²) in [5, 5.41) is -0.00220. The van der Waals surface area contributed by atoms with Gasteiger partial charge < -0.3 is 10.5 Å². The molecule has 0 aliphatic rings. The van der Waals surface area contributed by atoms with Crippen molar-refractivity contribution in [2.45, 2.75) is 13.2 Å². The van der Waals surface area contributed by atoms with E-state index in [0.29, 0.717) is 15.8 Å². The molecule has 6 heteroatoms. The van der Waals surface area contributed by atoms with E-state index < -0.39 is 5.82 Å². The average molecular weight is 363 g/mol. The SMILES string of the molecule is NCc1ccc(F)cc1COc1cc(F)c(Cl)cc1Br. The first-order valence-corrected chi connectivity index (χ1v) is 6.93. The van der Waals surface area contributed by atoms with Crippen LogP contribution in [0.4, 0.5) is 8.78 Å². The van der Waals surface area contributed by atoms with Crippen LogP contribution in [-0.4, -0.2) is 0 Å². The average Bonchev–Trinajstić information content (AvgIpc) is 2.41. The zero-order chi connectivity index (χ0) is 14.7. The molecule has 2 N–H and O–H groups in total. The second kappa shape index (κ2) is 6.52. The van der Waals surface area contributed by atoms with Gasteiger partial charge in [0.25, 0.3) is 0 Å². The van der Waals surface area contributed by atoms with Gasteiger partial charge >= 0.3 is 0 Å². The van der Waals surface area contributed by atoms with Gasteiger partial charge in [0.1, 0.15) is 24.0 Å². The third-order valence-electron chi connectivity index (χ3n) is 2.75. The molecule has 0 atom stereocenters. The zero-order valence-corrected chi connectivity index (χ0v) is 12.6. The number of rotatable bonds is 4. The van der Waals surface area contributed by atoms with E-state index in [2.05, 4.69) is 15.9 Å². The van der Waals surface area contributed by atoms with Crippen LogP contribution >= 0.6 is 27.5 Å². The summed E-state index contributed by atoms with van der Waals surface area (Å²) in [7, 11) is 0. The third kappa shape index (κ3) is 3.48. The molecular formula is C14H11BrClF2NO. The lowest BCUT2D eigenvalue weighted by molar-refractivity contribution is 0.300. The minimum Gasteiger partial charge on any atom is -0.488 e. The molecule has 0 saturated heterocycles. The van der Waals surface area contributed by atoms with Crippen molar-refractivity contribution in [3.63, 3.8) is 0 Å². The predicted octanol–water partition coefficient (Wildman–Crippen LogP) is 4.42. The van der Waals surface area contributed by atoms with Crippen molar-refractivity contribution < 1.29 is 13.5 Å². The van der Waals surface area contributed by atoms with E-state index in [1.807, 2.05) is 0 Å². The highest BCUT2D eigenvalue weighted by molar-refractivity contribution is 9.10. The lowest BCUT2D eigenvalue weighted by Gasteiger charge is -2.12. The van der Waals surface area contributed by atoms with E-state index in [9.17, 15) is 8.78 Å². The first-order valence-electron chi connectivity index (χ1n) is 5.76. The summed E-state index contributed by atoms with van der Waals surface area (Å²) < 4.78 is 32.6. The van der Waals surface area contributed by atoms with E-state index in [0.717, 1.165) is 5.56 Å². The van der Waals surface area contributed by atoms with Crippen LogP contribution in [0.25, 0.3) is 0 Å². The molecular weight excluding hydrogens is 352 g/mol. The maximum atomic E-state index is 13.4. The first-order chi connectivity index (χ1) is 9.51. The number of hydrogen-bond acceptors (Lipinski definition) is 2. The Labute approximate surface area is 128 Å². The monoisotopic (exact) mass is 361 g/mol. The summed E-state index contributed by atoms with van der Waals surface area (Å²) in [5.41, 5.74) is 6.97. The summed E-state index contributed by atoms with van der Waals surface area (Å²) >= 11 is 8.87. The van der Waals surface area contributed by atoms with Gasteiger partial charge in [-0.25, -0.2) is 8.78 Å². The smallest absolute Gasteiger partial charge is 0.145 e. The second-order valence-corrected chi connectivity index (χ2v) is 5.36. The molecule has 2 aromatic carbocycles. The summed E-state index contributed by atoms with van der Waals surface area (Å²) in [6.07, 6.45) is 0. The van der Waals surface area contributed by atoms with E-state index in [-0.39, 0.29) is 24.0 Å². The molecule has 0 aliphatic carbocycles. The highest BCUT2D eigenvalue weighted by Crippen LogP contribution is 2.31. The Bertz CT molecular complexity index is 637. The molecule has 2 aromatic rings. The molecule has 20 heavy (non-hydrogen) atoms. The molecule has 0 saturated carbocycles. The summed E-state index contributed by atoms with van der Waals surface area (Å²) in [5.74, 6) is -0.663. The molecule has 2 rings (SSSR count). The van der Waals surface area contributed by atoms with Crippen LogP contribution in [0.15, 0.2) is 34.8 Å². The van der Waals surface area contributed by atoms with E-state index in [4.69, 9.17) is 22.1 Å². The largest absolute Gasteiger partial charge is 0.488 e. The number of halogens is 4. The van der Waals surface area contributed by atoms with Crippen LogP contribution in [0, 0.1) is 11.6 Å². The van der Waals surface area contributed by atoms with Crippen LogP contribution in [-0.2, 0) is 13.2 Å². The highest BCUT2D eigenvalue weighted by atomic mass is 79.9. The van der Waals surface area contributed by atoms with Crippen LogP contribution in [0.1, 0.15) is 11.1 Å². The molecule has 0 heterocycles. The summed E-state index contributed by atoms with van der Waals surface area (Å²) in [6, 6.07) is 6.87. The molecule has 0 radical (unpaired) electrons. The van der Waals surface area contributed by atoms with E-state index in [1.165, 1.54) is 24.3 Å². The molecule has 2 nitrogen and oxygen atoms in total. The molecule has 0 bridgehead atoms. The summed E-state index contributed by atoms with van der Waals surface area (Å²) in [6.45, 7) is 0.360. The molecule has 0 unspecified atom stereocenters. The molecule has 0 spiro atoms. The van der Waals surface area contributed by atoms with Crippen molar-refractivity contribution in [3.05, 3.63) is 62.6 Å². The van der Waals surface area contributed by atoms with Gasteiger partial charge in [0.2, 0.25) is 0 Å². The predicted molar refractivity (Wildman–Crippen MR) is 77.7 cm³/mol. The van der Waals surface area contributed by atoms with Gasteiger partial charge in [-0.05, 0) is 45.3 Å². The van der Waals surface area contributed by atoms with E-state index in [1.54, 1.807) is 6.07 Å². The van der Waals surface area contributed by atoms with Crippen LogP contribution < -0.4 is 10.5 Å². The van der Waals surface area contributed by atoms with Gasteiger partial charge in [0, 0.05) is 12.6 Å². The molecule has 0 fully saturated rings. The minimum absolute atomic E-state index is 0.00220. The third-order valence-corrected chi connectivity index (χ3v) is 3.66. The Morgan fingerprint density at radius 2 is 1.90 bits per heavy atom. The zero-order valence-electron chi connectivity index (χ0n) is 10.3. The Hall–Kier alpha value is -1.17. The lowest BCUT2D eigenvalue weighted by atomic mass is 10.1. The molecule has 106 valence electrons. The maximum Gasteiger partial charge on any atom is 0.145 e. The Morgan fingerprint density at radius 3 is 2.60 bits per heavy atom. The van der Waals surface area contributed by atoms with Crippen LogP contribution in [0.2, 0.25) is 5.02 Å². The lowest BCUT2D eigenvalue weighted by Crippen LogP contribution is -2.05. The quantitative estimate of drug-likeness (QED) is 0.817. The fourth-order valence-electron chi connectivity index (χ4n) is 1.70. The van der Waals surface area contributed by atoms with E-state index >= 15 is 0 Å². The molecule has 0 aromatic heterocycles. The van der Waals surface area contributed by atoms with Gasteiger partial charge in [-0.15, -0.1) is 0 Å². The number of benzene rings is 2. The Balaban J connectivity index is 2.21. The van der Waals surface area contributed by atoms with Crippen molar-refractivity contribution >= 4 is 27.5 Å². The van der Waals surface area contributed by atoms with Gasteiger partial charge in [0.05, 0.1) is 9.50 Å². The van der Waals surface area contributed by atoms with Gasteiger partial charge in [0.15, 0.2) is 0 Å². The normalized spacial score (nSPS) is 10.7. The van der Waals surface area contributed by atoms with Crippen molar-refractivity contribution in [1.82, 2.24) is 0 Å². The Kier molecular flexibility index (Phi) is 4.96. The fourth-order valence-corrected chi connectivity index (χ4v) is 2.45. The standard InChI is InChI=1S/C14H11BrClF2NO/c15-11-4-12(16)13(18)5-14(11)20-7-9-3-10(17)2-1-8(9)6-19/h1-5H,6-7,19H2. The summed E-state index contributed by atoms with van der Waals surface area (Å²) in [4.78, 5) is 0. The highest BCUT2D eigenvalue weighted by Gasteiger charge is 2.10. The maximum absolute atomic E-state index is 13.4. The van der Waals surface area contributed by atoms with Crippen molar-refractivity contribution in [1.29, 1.82) is 0 Å². The van der Waals surface area contributed by atoms with Crippen LogP contribution in [0.3, 0.4) is 0 Å². The fraction of sp³-hybridized carbons (Fsp3) is 0.143. The number of hydrogen-bond donors (Lipinski definition) is 1. The van der Waals surface area contributed by atoms with Crippen LogP contribution in [0.5, 0.6) is 5.75 Å². The molecule has 0 amide bonds. The topological polar surface area (TPSA) is 35.2 Å². The second-order valence-electron chi connectivity index (χ2n) is 4.10. The number of nitrogens with two attached hydrogens (primary N) is 1. The van der Waals surface area contributed by atoms with Gasteiger partial charge in [-0.2, -0.15) is 0 Å². The number of ether oxygens (including phenoxy) is 1. The van der Waals surface area contributed by atoms with Gasteiger partial charge in [-0.1, -0.05) is 17.7 Å². The van der Waals surface area contributed by atoms with Crippen molar-refractivity contribution in [3.8, 4) is 5.75 Å². The minimum atomic E-state index is -0.580. The van der Waals surface area contributed by atoms with Crippen molar-refractivity contribution in [2.24, 2.45) is 5.73 Å². The van der Waals surface area contributed by atoms with Gasteiger partial charge in [-0.3, -0.25) is 0 Å². The Morgan fingerprint density at radius 1 is 1.15 bits per heavy atom. The van der Waals surface area contributed by atoms with Crippen molar-refractivity contribution in [2.75, 3.05) is 0 Å². The first kappa shape index (κ1) is 15.2. The molecule has 0 aliphatic heterocycles.